The van der Waals surface area contributed by atoms with E-state index < -0.39 is 16.2 Å². The van der Waals surface area contributed by atoms with Crippen molar-refractivity contribution in [3.63, 3.8) is 0 Å². The first-order chi connectivity index (χ1) is 7.97. The molecule has 1 heterocycles. The predicted molar refractivity (Wildman–Crippen MR) is 61.6 cm³/mol. The number of hydrogen-bond acceptors (Lipinski definition) is 3. The largest absolute Gasteiger partial charge is 0.481 e. The Kier molecular flexibility index (Phi) is 3.70. The van der Waals surface area contributed by atoms with Crippen LogP contribution < -0.4 is 4.72 Å². The highest BCUT2D eigenvalue weighted by Crippen LogP contribution is 2.24. The van der Waals surface area contributed by atoms with E-state index in [2.05, 4.69) is 4.72 Å². The van der Waals surface area contributed by atoms with Gasteiger partial charge < -0.3 is 5.11 Å². The number of nitrogens with one attached hydrogen (secondary N) is 1. The number of piperidine rings is 1. The maximum Gasteiger partial charge on any atom is 0.303 e. The Bertz CT molecular complexity index is 391. The molecule has 1 atom stereocenters. The van der Waals surface area contributed by atoms with Crippen LogP contribution in [-0.4, -0.2) is 42.9 Å². The molecule has 6 nitrogen and oxygen atoms in total. The SMILES string of the molecule is O=C(O)CC1CCCN(S(=O)(=O)NC2CC2)C1. The fraction of sp³-hybridized carbons (Fsp3) is 0.900. The van der Waals surface area contributed by atoms with Crippen molar-refractivity contribution in [2.24, 2.45) is 5.92 Å². The first-order valence-corrected chi connectivity index (χ1v) is 7.40. The molecular formula is C10H18N2O4S. The minimum atomic E-state index is -3.40. The maximum atomic E-state index is 11.9. The van der Waals surface area contributed by atoms with Crippen molar-refractivity contribution >= 4 is 16.2 Å². The molecule has 0 bridgehead atoms. The molecule has 17 heavy (non-hydrogen) atoms. The zero-order valence-corrected chi connectivity index (χ0v) is 10.4. The van der Waals surface area contributed by atoms with Crippen LogP contribution in [0, 0.1) is 5.92 Å². The Balaban J connectivity index is 1.93. The summed E-state index contributed by atoms with van der Waals surface area (Å²) < 4.78 is 27.9. The van der Waals surface area contributed by atoms with E-state index in [-0.39, 0.29) is 18.4 Å². The lowest BCUT2D eigenvalue weighted by Crippen LogP contribution is -2.46. The molecule has 1 saturated heterocycles. The van der Waals surface area contributed by atoms with E-state index in [9.17, 15) is 13.2 Å². The monoisotopic (exact) mass is 262 g/mol. The summed E-state index contributed by atoms with van der Waals surface area (Å²) in [6.45, 7) is 0.826. The van der Waals surface area contributed by atoms with E-state index in [4.69, 9.17) is 5.11 Å². The van der Waals surface area contributed by atoms with Gasteiger partial charge in [-0.2, -0.15) is 17.4 Å². The number of aliphatic carboxylic acids is 1. The summed E-state index contributed by atoms with van der Waals surface area (Å²) in [4.78, 5) is 10.6. The fourth-order valence-corrected chi connectivity index (χ4v) is 3.73. The third-order valence-electron chi connectivity index (χ3n) is 3.18. The summed E-state index contributed by atoms with van der Waals surface area (Å²) in [5.74, 6) is -0.915. The Labute approximate surface area is 101 Å². The number of carbonyl (C=O) groups is 1. The van der Waals surface area contributed by atoms with Gasteiger partial charge in [0.05, 0.1) is 0 Å². The van der Waals surface area contributed by atoms with Gasteiger partial charge in [-0.25, -0.2) is 0 Å². The lowest BCUT2D eigenvalue weighted by atomic mass is 9.96. The summed E-state index contributed by atoms with van der Waals surface area (Å²) in [5, 5.41) is 8.73. The average Bonchev–Trinajstić information content (AvgIpc) is 3.00. The van der Waals surface area contributed by atoms with Gasteiger partial charge in [-0.05, 0) is 31.6 Å². The first kappa shape index (κ1) is 12.8. The molecule has 98 valence electrons. The molecule has 0 radical (unpaired) electrons. The van der Waals surface area contributed by atoms with Gasteiger partial charge in [0, 0.05) is 25.6 Å². The number of rotatable bonds is 5. The van der Waals surface area contributed by atoms with Gasteiger partial charge in [-0.15, -0.1) is 0 Å². The topological polar surface area (TPSA) is 86.7 Å². The molecule has 7 heteroatoms. The van der Waals surface area contributed by atoms with Crippen molar-refractivity contribution in [2.45, 2.75) is 38.1 Å². The van der Waals surface area contributed by atoms with Crippen LogP contribution in [0.4, 0.5) is 0 Å². The van der Waals surface area contributed by atoms with Crippen LogP contribution in [0.3, 0.4) is 0 Å². The quantitative estimate of drug-likeness (QED) is 0.739. The minimum absolute atomic E-state index is 0.0510. The normalized spacial score (nSPS) is 26.9. The average molecular weight is 262 g/mol. The van der Waals surface area contributed by atoms with Crippen LogP contribution in [0.15, 0.2) is 0 Å². The molecule has 2 N–H and O–H groups in total. The van der Waals surface area contributed by atoms with E-state index in [0.717, 1.165) is 25.7 Å². The molecule has 2 rings (SSSR count). The Hall–Kier alpha value is -0.660. The van der Waals surface area contributed by atoms with Crippen molar-refractivity contribution in [3.05, 3.63) is 0 Å². The fourth-order valence-electron chi connectivity index (χ4n) is 2.15. The molecule has 1 unspecified atom stereocenters. The molecule has 1 aliphatic heterocycles. The van der Waals surface area contributed by atoms with Gasteiger partial charge in [0.15, 0.2) is 0 Å². The summed E-state index contributed by atoms with van der Waals surface area (Å²) >= 11 is 0. The number of hydrogen-bond donors (Lipinski definition) is 2. The Morgan fingerprint density at radius 3 is 2.65 bits per heavy atom. The van der Waals surface area contributed by atoms with Gasteiger partial charge in [0.1, 0.15) is 0 Å². The highest BCUT2D eigenvalue weighted by Gasteiger charge is 2.34. The van der Waals surface area contributed by atoms with Crippen molar-refractivity contribution in [2.75, 3.05) is 13.1 Å². The summed E-state index contributed by atoms with van der Waals surface area (Å²) in [5.41, 5.74) is 0. The highest BCUT2D eigenvalue weighted by atomic mass is 32.2. The van der Waals surface area contributed by atoms with Crippen LogP contribution >= 0.6 is 0 Å². The van der Waals surface area contributed by atoms with Crippen LogP contribution in [0.5, 0.6) is 0 Å². The second-order valence-electron chi connectivity index (χ2n) is 4.86. The Morgan fingerprint density at radius 2 is 2.06 bits per heavy atom. The molecule has 1 aliphatic carbocycles. The third-order valence-corrected chi connectivity index (χ3v) is 4.82. The lowest BCUT2D eigenvalue weighted by molar-refractivity contribution is -0.138. The predicted octanol–water partition coefficient (Wildman–Crippen LogP) is 0.170. The summed E-state index contributed by atoms with van der Waals surface area (Å²) in [6, 6.07) is 0.0971. The molecule has 0 aromatic rings. The van der Waals surface area contributed by atoms with Gasteiger partial charge in [0.2, 0.25) is 0 Å². The van der Waals surface area contributed by atoms with Crippen molar-refractivity contribution < 1.29 is 18.3 Å². The number of carboxylic acids is 1. The van der Waals surface area contributed by atoms with Crippen molar-refractivity contribution in [3.8, 4) is 0 Å². The molecule has 1 saturated carbocycles. The lowest BCUT2D eigenvalue weighted by Gasteiger charge is -2.31. The third kappa shape index (κ3) is 3.65. The molecule has 0 amide bonds. The second kappa shape index (κ2) is 4.91. The molecular weight excluding hydrogens is 244 g/mol. The molecule has 0 spiro atoms. The van der Waals surface area contributed by atoms with Crippen LogP contribution in [0.1, 0.15) is 32.1 Å². The summed E-state index contributed by atoms with van der Waals surface area (Å²) in [6.07, 6.45) is 3.40. The van der Waals surface area contributed by atoms with Crippen molar-refractivity contribution in [1.82, 2.24) is 9.03 Å². The highest BCUT2D eigenvalue weighted by molar-refractivity contribution is 7.87. The van der Waals surface area contributed by atoms with E-state index in [1.165, 1.54) is 4.31 Å². The summed E-state index contributed by atoms with van der Waals surface area (Å²) in [7, 11) is -3.40. The van der Waals surface area contributed by atoms with Gasteiger partial charge >= 0.3 is 5.97 Å². The van der Waals surface area contributed by atoms with Gasteiger partial charge in [-0.1, -0.05) is 0 Å². The van der Waals surface area contributed by atoms with Gasteiger partial charge in [-0.3, -0.25) is 4.79 Å². The van der Waals surface area contributed by atoms with E-state index in [1.807, 2.05) is 0 Å². The van der Waals surface area contributed by atoms with Crippen LogP contribution in [-0.2, 0) is 15.0 Å². The minimum Gasteiger partial charge on any atom is -0.481 e. The van der Waals surface area contributed by atoms with Gasteiger partial charge in [0.25, 0.3) is 10.2 Å². The van der Waals surface area contributed by atoms with E-state index in [0.29, 0.717) is 13.1 Å². The molecule has 2 fully saturated rings. The smallest absolute Gasteiger partial charge is 0.303 e. The first-order valence-electron chi connectivity index (χ1n) is 5.96. The zero-order valence-electron chi connectivity index (χ0n) is 9.63. The second-order valence-corrected chi connectivity index (χ2v) is 6.56. The van der Waals surface area contributed by atoms with Crippen molar-refractivity contribution in [1.29, 1.82) is 0 Å². The number of carboxylic acid groups (broad SMARTS) is 1. The zero-order chi connectivity index (χ0) is 12.5. The van der Waals surface area contributed by atoms with E-state index >= 15 is 0 Å². The number of nitrogens with zero attached hydrogens (tertiary/aromatic N) is 1. The van der Waals surface area contributed by atoms with Crippen LogP contribution in [0.25, 0.3) is 0 Å². The standard InChI is InChI=1S/C10H18N2O4S/c13-10(14)6-8-2-1-5-12(7-8)17(15,16)11-9-3-4-9/h8-9,11H,1-7H2,(H,13,14). The Morgan fingerprint density at radius 1 is 1.35 bits per heavy atom. The molecule has 0 aromatic heterocycles. The van der Waals surface area contributed by atoms with Crippen LogP contribution in [0.2, 0.25) is 0 Å². The molecule has 0 aromatic carbocycles. The maximum absolute atomic E-state index is 11.9. The van der Waals surface area contributed by atoms with E-state index in [1.54, 1.807) is 0 Å². The molecule has 2 aliphatic rings.